The Morgan fingerprint density at radius 1 is 1.10 bits per heavy atom. The zero-order chi connectivity index (χ0) is 29.2. The number of rotatable bonds is 8. The molecule has 1 N–H and O–H groups in total. The lowest BCUT2D eigenvalue weighted by Crippen LogP contribution is -2.26. The second-order valence-corrected chi connectivity index (χ2v) is 12.0. The Hall–Kier alpha value is -3.98. The van der Waals surface area contributed by atoms with Gasteiger partial charge in [-0.05, 0) is 98.9 Å². The molecule has 1 saturated carbocycles. The Morgan fingerprint density at radius 3 is 2.51 bits per heavy atom. The number of carbonyl (C=O) groups is 1. The average Bonchev–Trinajstić information content (AvgIpc) is 3.20. The molecule has 41 heavy (non-hydrogen) atoms. The number of aryl methyl sites for hydroxylation is 2. The van der Waals surface area contributed by atoms with E-state index in [1.165, 1.54) is 6.07 Å². The summed E-state index contributed by atoms with van der Waals surface area (Å²) in [6.45, 7) is 8.97. The summed E-state index contributed by atoms with van der Waals surface area (Å²) in [5.41, 5.74) is 4.80. The van der Waals surface area contributed by atoms with Crippen LogP contribution in [0.1, 0.15) is 54.5 Å². The summed E-state index contributed by atoms with van der Waals surface area (Å²) in [5.74, 6) is 0.477. The van der Waals surface area contributed by atoms with E-state index in [1.54, 1.807) is 38.0 Å². The first-order valence-electron chi connectivity index (χ1n) is 13.7. The first kappa shape index (κ1) is 27.2. The Balaban J connectivity index is 1.23. The van der Waals surface area contributed by atoms with E-state index in [4.69, 9.17) is 4.74 Å². The fraction of sp³-hybridized carbons (Fsp3) is 0.375. The number of hydrogen-bond acceptors (Lipinski definition) is 6. The molecule has 0 bridgehead atoms. The summed E-state index contributed by atoms with van der Waals surface area (Å²) in [6.07, 6.45) is 4.16. The van der Waals surface area contributed by atoms with E-state index < -0.39 is 17.2 Å². The lowest BCUT2D eigenvalue weighted by Gasteiger charge is -2.16. The van der Waals surface area contributed by atoms with E-state index in [2.05, 4.69) is 15.1 Å². The van der Waals surface area contributed by atoms with Gasteiger partial charge in [-0.1, -0.05) is 0 Å². The average molecular weight is 559 g/mol. The maximum atomic E-state index is 15.1. The van der Waals surface area contributed by atoms with E-state index in [9.17, 15) is 14.3 Å². The van der Waals surface area contributed by atoms with Crippen LogP contribution in [-0.4, -0.2) is 36.2 Å². The van der Waals surface area contributed by atoms with Crippen LogP contribution in [0, 0.1) is 37.3 Å². The molecule has 0 radical (unpaired) electrons. The minimum Gasteiger partial charge on any atom is -0.473 e. The molecule has 0 saturated heterocycles. The van der Waals surface area contributed by atoms with Crippen LogP contribution in [0.4, 0.5) is 8.78 Å². The second kappa shape index (κ2) is 9.83. The van der Waals surface area contributed by atoms with Gasteiger partial charge in [-0.25, -0.2) is 23.4 Å². The van der Waals surface area contributed by atoms with Crippen LogP contribution in [0.15, 0.2) is 42.9 Å². The number of aromatic nitrogens is 4. The summed E-state index contributed by atoms with van der Waals surface area (Å²) < 4.78 is 37.4. The minimum absolute atomic E-state index is 0.105. The van der Waals surface area contributed by atoms with Crippen molar-refractivity contribution < 1.29 is 23.4 Å². The van der Waals surface area contributed by atoms with Crippen molar-refractivity contribution in [2.75, 3.05) is 0 Å². The van der Waals surface area contributed by atoms with Gasteiger partial charge in [0.1, 0.15) is 30.4 Å². The number of fused-ring (bicyclic) bond motifs is 3. The summed E-state index contributed by atoms with van der Waals surface area (Å²) in [7, 11) is 0. The molecule has 0 amide bonds. The molecular formula is C32H32F2N4O3. The molecule has 3 atom stereocenters. The van der Waals surface area contributed by atoms with E-state index >= 15 is 4.39 Å². The van der Waals surface area contributed by atoms with Crippen LogP contribution < -0.4 is 4.74 Å². The maximum absolute atomic E-state index is 15.1. The summed E-state index contributed by atoms with van der Waals surface area (Å²) in [6, 6.07) is 8.01. The van der Waals surface area contributed by atoms with Gasteiger partial charge >= 0.3 is 0 Å². The van der Waals surface area contributed by atoms with Crippen molar-refractivity contribution in [3.63, 3.8) is 0 Å². The molecule has 2 aliphatic carbocycles. The number of hydrogen-bond donors (Lipinski definition) is 1. The monoisotopic (exact) mass is 558 g/mol. The van der Waals surface area contributed by atoms with Gasteiger partial charge in [-0.3, -0.25) is 4.79 Å². The number of ether oxygens (including phenoxy) is 1. The molecule has 7 nitrogen and oxygen atoms in total. The van der Waals surface area contributed by atoms with E-state index in [-0.39, 0.29) is 35.4 Å². The Labute approximate surface area is 237 Å². The smallest absolute Gasteiger partial charge is 0.213 e. The normalized spacial score (nSPS) is 19.2. The molecule has 0 aliphatic heterocycles. The first-order valence-corrected chi connectivity index (χ1v) is 13.7. The molecule has 2 aliphatic rings. The van der Waals surface area contributed by atoms with Gasteiger partial charge in [-0.15, -0.1) is 0 Å². The van der Waals surface area contributed by atoms with Crippen LogP contribution >= 0.6 is 0 Å². The largest absolute Gasteiger partial charge is 0.473 e. The van der Waals surface area contributed by atoms with Crippen LogP contribution in [-0.2, 0) is 24.4 Å². The van der Waals surface area contributed by atoms with Crippen molar-refractivity contribution in [3.8, 4) is 28.4 Å². The van der Waals surface area contributed by atoms with E-state index in [0.29, 0.717) is 29.7 Å². The van der Waals surface area contributed by atoms with Gasteiger partial charge in [0.15, 0.2) is 5.82 Å². The van der Waals surface area contributed by atoms with Crippen molar-refractivity contribution >= 4 is 5.78 Å². The molecule has 6 rings (SSSR count). The summed E-state index contributed by atoms with van der Waals surface area (Å²) in [4.78, 5) is 20.6. The molecular weight excluding hydrogens is 526 g/mol. The van der Waals surface area contributed by atoms with Crippen LogP contribution in [0.25, 0.3) is 22.5 Å². The molecule has 2 aromatic heterocycles. The third-order valence-corrected chi connectivity index (χ3v) is 8.11. The molecule has 2 heterocycles. The highest BCUT2D eigenvalue weighted by Crippen LogP contribution is 2.61. The molecule has 2 aromatic carbocycles. The van der Waals surface area contributed by atoms with Gasteiger partial charge < -0.3 is 9.84 Å². The van der Waals surface area contributed by atoms with E-state index in [1.807, 2.05) is 32.0 Å². The Morgan fingerprint density at radius 2 is 1.83 bits per heavy atom. The fourth-order valence-corrected chi connectivity index (χ4v) is 6.37. The van der Waals surface area contributed by atoms with Crippen molar-refractivity contribution in [2.45, 2.75) is 65.7 Å². The van der Waals surface area contributed by atoms with Gasteiger partial charge in [0, 0.05) is 40.9 Å². The quantitative estimate of drug-likeness (QED) is 0.297. The highest BCUT2D eigenvalue weighted by atomic mass is 19.1. The van der Waals surface area contributed by atoms with Crippen molar-refractivity contribution in [1.82, 2.24) is 19.7 Å². The van der Waals surface area contributed by atoms with Crippen molar-refractivity contribution in [3.05, 3.63) is 82.3 Å². The second-order valence-electron chi connectivity index (χ2n) is 12.0. The molecule has 4 aromatic rings. The highest BCUT2D eigenvalue weighted by Gasteiger charge is 2.58. The van der Waals surface area contributed by atoms with Crippen LogP contribution in [0.3, 0.4) is 0 Å². The maximum Gasteiger partial charge on any atom is 0.213 e. The standard InChI is InChI=1S/C32H32F2N4O3/c1-16-6-20(31-36-15-38(37-31)14-32(4,5)40)7-17(2)28(16)22-9-21(25(33)11-26(22)34)13-41-27-10-19-8-23-29(18(3)39)30(23)24(19)12-35-27/h6-7,9-12,15,23,29-30,40H,8,13-14H2,1-5H3/t23-,29-,30+/m0/s1. The number of pyridine rings is 1. The molecule has 0 spiro atoms. The van der Waals surface area contributed by atoms with Crippen LogP contribution in [0.2, 0.25) is 0 Å². The molecule has 212 valence electrons. The number of aliphatic hydroxyl groups is 1. The minimum atomic E-state index is -0.932. The fourth-order valence-electron chi connectivity index (χ4n) is 6.37. The number of benzene rings is 2. The summed E-state index contributed by atoms with van der Waals surface area (Å²) >= 11 is 0. The summed E-state index contributed by atoms with van der Waals surface area (Å²) in [5, 5.41) is 14.5. The number of nitrogens with zero attached hydrogens (tertiary/aromatic N) is 4. The topological polar surface area (TPSA) is 90.1 Å². The Bertz CT molecular complexity index is 1670. The van der Waals surface area contributed by atoms with Gasteiger partial charge in [0.05, 0.1) is 12.1 Å². The first-order chi connectivity index (χ1) is 19.4. The number of Topliss-reactive ketones (excluding diaryl/α,β-unsaturated/α-hetero) is 1. The number of carbonyl (C=O) groups excluding carboxylic acids is 1. The van der Waals surface area contributed by atoms with Crippen molar-refractivity contribution in [1.29, 1.82) is 0 Å². The number of halogens is 2. The Kier molecular flexibility index (Phi) is 6.53. The third kappa shape index (κ3) is 5.14. The molecule has 9 heteroatoms. The molecule has 1 fully saturated rings. The third-order valence-electron chi connectivity index (χ3n) is 8.11. The lowest BCUT2D eigenvalue weighted by molar-refractivity contribution is -0.118. The highest BCUT2D eigenvalue weighted by molar-refractivity contribution is 5.84. The van der Waals surface area contributed by atoms with Gasteiger partial charge in [0.2, 0.25) is 5.88 Å². The zero-order valence-corrected chi connectivity index (χ0v) is 23.7. The zero-order valence-electron chi connectivity index (χ0n) is 23.7. The van der Waals surface area contributed by atoms with Crippen LogP contribution in [0.5, 0.6) is 5.88 Å². The number of ketones is 1. The van der Waals surface area contributed by atoms with Crippen molar-refractivity contribution in [2.24, 2.45) is 11.8 Å². The predicted octanol–water partition coefficient (Wildman–Crippen LogP) is 5.73. The SMILES string of the molecule is CC(=O)[C@H]1[C@@H]2Cc3cc(OCc4cc(-c5c(C)cc(-c6ncn(CC(C)(C)O)n6)cc5C)c(F)cc4F)ncc3[C@@H]21. The van der Waals surface area contributed by atoms with Gasteiger partial charge in [-0.2, -0.15) is 5.10 Å². The lowest BCUT2D eigenvalue weighted by atomic mass is 9.92. The predicted molar refractivity (Wildman–Crippen MR) is 149 cm³/mol. The van der Waals surface area contributed by atoms with Gasteiger partial charge in [0.25, 0.3) is 0 Å². The van der Waals surface area contributed by atoms with E-state index in [0.717, 1.165) is 40.3 Å². The molecule has 0 unspecified atom stereocenters.